The summed E-state index contributed by atoms with van der Waals surface area (Å²) in [6.45, 7) is 1.03. The molecule has 0 spiro atoms. The number of hydrogen-bond donors (Lipinski definition) is 1. The fourth-order valence-corrected chi connectivity index (χ4v) is 3.00. The van der Waals surface area contributed by atoms with Crippen LogP contribution in [0, 0.1) is 0 Å². The predicted molar refractivity (Wildman–Crippen MR) is 84.2 cm³/mol. The zero-order valence-electron chi connectivity index (χ0n) is 12.6. The van der Waals surface area contributed by atoms with Gasteiger partial charge in [0.05, 0.1) is 12.2 Å². The van der Waals surface area contributed by atoms with Crippen molar-refractivity contribution in [2.45, 2.75) is 25.5 Å². The van der Waals surface area contributed by atoms with Gasteiger partial charge in [-0.3, -0.25) is 14.7 Å². The van der Waals surface area contributed by atoms with E-state index in [9.17, 15) is 9.59 Å². The van der Waals surface area contributed by atoms with Gasteiger partial charge >= 0.3 is 6.03 Å². The molecule has 1 atom stereocenters. The largest absolute Gasteiger partial charge is 0.368 e. The molecule has 8 nitrogen and oxygen atoms in total. The van der Waals surface area contributed by atoms with Crippen molar-refractivity contribution in [1.29, 1.82) is 0 Å². The van der Waals surface area contributed by atoms with Crippen LogP contribution in [0.25, 0.3) is 0 Å². The Bertz CT molecular complexity index is 678. The Morgan fingerprint density at radius 2 is 2.43 bits per heavy atom. The maximum Gasteiger partial charge on any atom is 0.333 e. The van der Waals surface area contributed by atoms with Crippen molar-refractivity contribution in [3.8, 4) is 0 Å². The lowest BCUT2D eigenvalue weighted by Crippen LogP contribution is -2.35. The molecule has 0 saturated carbocycles. The van der Waals surface area contributed by atoms with Gasteiger partial charge in [-0.25, -0.2) is 14.8 Å². The van der Waals surface area contributed by atoms with Crippen LogP contribution in [0.4, 0.5) is 9.93 Å². The van der Waals surface area contributed by atoms with Crippen molar-refractivity contribution in [3.05, 3.63) is 29.8 Å². The van der Waals surface area contributed by atoms with Gasteiger partial charge in [-0.1, -0.05) is 0 Å². The molecule has 122 valence electrons. The van der Waals surface area contributed by atoms with E-state index >= 15 is 0 Å². The number of rotatable bonds is 4. The van der Waals surface area contributed by atoms with Gasteiger partial charge in [0.15, 0.2) is 5.13 Å². The summed E-state index contributed by atoms with van der Waals surface area (Å²) in [6, 6.07) is -0.327. The lowest BCUT2D eigenvalue weighted by atomic mass is 10.2. The van der Waals surface area contributed by atoms with Crippen LogP contribution in [0.3, 0.4) is 0 Å². The molecule has 0 bridgehead atoms. The topological polar surface area (TPSA) is 89.4 Å². The molecule has 9 heteroatoms. The van der Waals surface area contributed by atoms with E-state index in [-0.39, 0.29) is 18.0 Å². The number of thiazole rings is 1. The molecule has 1 fully saturated rings. The highest BCUT2D eigenvalue weighted by Crippen LogP contribution is 2.19. The van der Waals surface area contributed by atoms with Crippen molar-refractivity contribution in [2.24, 2.45) is 0 Å². The zero-order valence-corrected chi connectivity index (χ0v) is 13.5. The van der Waals surface area contributed by atoms with E-state index in [0.29, 0.717) is 18.3 Å². The van der Waals surface area contributed by atoms with Gasteiger partial charge in [0.1, 0.15) is 12.4 Å². The maximum absolute atomic E-state index is 12.2. The van der Waals surface area contributed by atoms with E-state index in [1.165, 1.54) is 28.4 Å². The monoisotopic (exact) mass is 335 g/mol. The summed E-state index contributed by atoms with van der Waals surface area (Å²) in [5.41, 5.74) is 0.727. The molecule has 0 aromatic carbocycles. The number of aromatic nitrogens is 3. The molecule has 0 aliphatic carbocycles. The highest BCUT2D eigenvalue weighted by Gasteiger charge is 2.26. The van der Waals surface area contributed by atoms with Crippen molar-refractivity contribution in [3.63, 3.8) is 0 Å². The first-order valence-electron chi connectivity index (χ1n) is 7.24. The molecule has 1 aliphatic rings. The van der Waals surface area contributed by atoms with Crippen LogP contribution in [0.2, 0.25) is 0 Å². The van der Waals surface area contributed by atoms with Crippen LogP contribution >= 0.6 is 11.3 Å². The van der Waals surface area contributed by atoms with Gasteiger partial charge < -0.3 is 9.64 Å². The number of anilines is 1. The zero-order chi connectivity index (χ0) is 16.2. The van der Waals surface area contributed by atoms with Crippen molar-refractivity contribution in [2.75, 3.05) is 19.0 Å². The normalized spacial score (nSPS) is 17.2. The van der Waals surface area contributed by atoms with E-state index in [0.717, 1.165) is 18.5 Å². The molecule has 23 heavy (non-hydrogen) atoms. The van der Waals surface area contributed by atoms with Gasteiger partial charge in [-0.05, 0) is 12.8 Å². The molecule has 1 aliphatic heterocycles. The van der Waals surface area contributed by atoms with Gasteiger partial charge in [0.25, 0.3) is 5.91 Å². The number of carbonyl (C=O) groups is 2. The number of nitrogens with zero attached hydrogens (tertiary/aromatic N) is 4. The molecular weight excluding hydrogens is 318 g/mol. The summed E-state index contributed by atoms with van der Waals surface area (Å²) < 4.78 is 6.73. The van der Waals surface area contributed by atoms with Gasteiger partial charge in [-0.15, -0.1) is 11.3 Å². The van der Waals surface area contributed by atoms with E-state index in [1.54, 1.807) is 18.1 Å². The summed E-state index contributed by atoms with van der Waals surface area (Å²) in [6.07, 6.45) is 5.85. The summed E-state index contributed by atoms with van der Waals surface area (Å²) in [4.78, 5) is 33.8. The quantitative estimate of drug-likeness (QED) is 0.916. The summed E-state index contributed by atoms with van der Waals surface area (Å²) in [5, 5.41) is 4.99. The van der Waals surface area contributed by atoms with E-state index < -0.39 is 0 Å². The first-order chi connectivity index (χ1) is 11.1. The molecule has 2 amide bonds. The molecule has 1 saturated heterocycles. The van der Waals surface area contributed by atoms with E-state index in [4.69, 9.17) is 4.74 Å². The molecule has 0 unspecified atom stereocenters. The molecule has 0 radical (unpaired) electrons. The second-order valence-corrected chi connectivity index (χ2v) is 6.10. The van der Waals surface area contributed by atoms with Crippen molar-refractivity contribution < 1.29 is 14.3 Å². The van der Waals surface area contributed by atoms with Gasteiger partial charge in [-0.2, -0.15) is 0 Å². The first kappa shape index (κ1) is 15.6. The first-order valence-corrected chi connectivity index (χ1v) is 8.12. The molecule has 3 heterocycles. The third-order valence-electron chi connectivity index (χ3n) is 3.49. The maximum atomic E-state index is 12.2. The number of carbonyl (C=O) groups excluding carboxylic acids is 2. The second kappa shape index (κ2) is 6.88. The summed E-state index contributed by atoms with van der Waals surface area (Å²) in [5.74, 6) is -0.0282. The van der Waals surface area contributed by atoms with Gasteiger partial charge in [0.2, 0.25) is 0 Å². The Morgan fingerprint density at radius 3 is 3.13 bits per heavy atom. The number of amides is 2. The Hall–Kier alpha value is -2.26. The lowest BCUT2D eigenvalue weighted by Gasteiger charge is -2.19. The Balaban J connectivity index is 1.56. The standard InChI is InChI=1S/C14H17N5O3S/c1-18(12(20)11-3-2-6-22-11)7-10-8-23-13(16-10)17-14(21)19-5-4-15-9-19/h4-5,8-9,11H,2-3,6-7H2,1H3,(H,16,17,21)/t11-/m1/s1. The SMILES string of the molecule is CN(Cc1csc(NC(=O)n2ccnc2)n1)C(=O)[C@H]1CCCO1. The predicted octanol–water partition coefficient (Wildman–Crippen LogP) is 1.56. The second-order valence-electron chi connectivity index (χ2n) is 5.24. The number of ether oxygens (including phenoxy) is 1. The molecule has 2 aromatic rings. The van der Waals surface area contributed by atoms with Crippen LogP contribution in [-0.2, 0) is 16.1 Å². The Labute approximate surface area is 137 Å². The summed E-state index contributed by atoms with van der Waals surface area (Å²) >= 11 is 1.32. The van der Waals surface area contributed by atoms with Crippen LogP contribution in [0.1, 0.15) is 18.5 Å². The third-order valence-corrected chi connectivity index (χ3v) is 4.29. The lowest BCUT2D eigenvalue weighted by molar-refractivity contribution is -0.140. The number of hydrogen-bond acceptors (Lipinski definition) is 6. The smallest absolute Gasteiger partial charge is 0.333 e. The highest BCUT2D eigenvalue weighted by atomic mass is 32.1. The minimum atomic E-state index is -0.334. The Kier molecular flexibility index (Phi) is 4.68. The highest BCUT2D eigenvalue weighted by molar-refractivity contribution is 7.13. The minimum absolute atomic E-state index is 0.0282. The van der Waals surface area contributed by atoms with Crippen LogP contribution in [0.15, 0.2) is 24.1 Å². The Morgan fingerprint density at radius 1 is 1.57 bits per heavy atom. The molecule has 1 N–H and O–H groups in total. The molecule has 3 rings (SSSR count). The van der Waals surface area contributed by atoms with Crippen LogP contribution in [0.5, 0.6) is 0 Å². The minimum Gasteiger partial charge on any atom is -0.368 e. The molecule has 2 aromatic heterocycles. The number of imidazole rings is 1. The van der Waals surface area contributed by atoms with Crippen LogP contribution in [-0.4, -0.2) is 51.1 Å². The van der Waals surface area contributed by atoms with E-state index in [1.807, 2.05) is 5.38 Å². The van der Waals surface area contributed by atoms with E-state index in [2.05, 4.69) is 15.3 Å². The van der Waals surface area contributed by atoms with Crippen LogP contribution < -0.4 is 5.32 Å². The fraction of sp³-hybridized carbons (Fsp3) is 0.429. The number of likely N-dealkylation sites (N-methyl/N-ethyl adjacent to an activating group) is 1. The van der Waals surface area contributed by atoms with Gasteiger partial charge in [0, 0.05) is 31.4 Å². The number of nitrogens with one attached hydrogen (secondary N) is 1. The average Bonchev–Trinajstić information content (AvgIpc) is 3.29. The van der Waals surface area contributed by atoms with Crippen molar-refractivity contribution in [1.82, 2.24) is 19.4 Å². The average molecular weight is 335 g/mol. The summed E-state index contributed by atoms with van der Waals surface area (Å²) in [7, 11) is 1.73. The van der Waals surface area contributed by atoms with Crippen molar-refractivity contribution >= 4 is 28.4 Å². The third kappa shape index (κ3) is 3.74. The fourth-order valence-electron chi connectivity index (χ4n) is 2.31. The molecular formula is C14H17N5O3S.